The fraction of sp³-hybridized carbons (Fsp3) is 0.983. The summed E-state index contributed by atoms with van der Waals surface area (Å²) < 4.78 is 34.4. The number of carbonyl (C=O) groups is 1. The van der Waals surface area contributed by atoms with Gasteiger partial charge in [-0.2, -0.15) is 0 Å². The SMILES string of the molecule is CCCCCCCCCCCCCCCCCCCCCOCC(COC1OC(COC2OC(CO)C(O)C(O)C2O)C(O)C(O)C1O)OC(=O)CCCCCCCCCCCCCCCCCCCCC. The van der Waals surface area contributed by atoms with Gasteiger partial charge in [0, 0.05) is 13.0 Å². The van der Waals surface area contributed by atoms with E-state index in [2.05, 4.69) is 13.8 Å². The quantitative estimate of drug-likeness (QED) is 0.0223. The summed E-state index contributed by atoms with van der Waals surface area (Å²) in [6.45, 7) is 3.77. The predicted molar refractivity (Wildman–Crippen MR) is 284 cm³/mol. The highest BCUT2D eigenvalue weighted by atomic mass is 16.7. The van der Waals surface area contributed by atoms with Crippen molar-refractivity contribution in [1.82, 2.24) is 0 Å². The highest BCUT2D eigenvalue weighted by Gasteiger charge is 2.47. The van der Waals surface area contributed by atoms with Crippen LogP contribution in [0.4, 0.5) is 0 Å². The topological polar surface area (TPSA) is 214 Å². The van der Waals surface area contributed by atoms with Crippen LogP contribution in [0.2, 0.25) is 0 Å². The third-order valence-electron chi connectivity index (χ3n) is 14.9. The molecule has 11 atom stereocenters. The van der Waals surface area contributed by atoms with E-state index in [1.807, 2.05) is 0 Å². The molecule has 14 nitrogen and oxygen atoms in total. The smallest absolute Gasteiger partial charge is 0.306 e. The Kier molecular flexibility index (Phi) is 43.0. The molecule has 2 rings (SSSR count). The van der Waals surface area contributed by atoms with Gasteiger partial charge in [0.25, 0.3) is 0 Å². The summed E-state index contributed by atoms with van der Waals surface area (Å²) in [6, 6.07) is 0. The number of esters is 1. The molecule has 2 aliphatic rings. The molecule has 0 aromatic rings. The van der Waals surface area contributed by atoms with Crippen molar-refractivity contribution in [2.45, 2.75) is 332 Å². The summed E-state index contributed by atoms with van der Waals surface area (Å²) in [6.07, 6.45) is 33.0. The van der Waals surface area contributed by atoms with Gasteiger partial charge in [-0.15, -0.1) is 0 Å². The fourth-order valence-electron chi connectivity index (χ4n) is 9.99. The maximum Gasteiger partial charge on any atom is 0.306 e. The molecule has 2 fully saturated rings. The van der Waals surface area contributed by atoms with Crippen molar-refractivity contribution < 1.29 is 69.0 Å². The number of ether oxygens (including phenoxy) is 6. The first-order valence-electron chi connectivity index (χ1n) is 30.1. The van der Waals surface area contributed by atoms with E-state index in [1.54, 1.807) is 0 Å². The van der Waals surface area contributed by atoms with E-state index in [-0.39, 0.29) is 25.6 Å². The van der Waals surface area contributed by atoms with Gasteiger partial charge in [-0.25, -0.2) is 0 Å². The van der Waals surface area contributed by atoms with E-state index < -0.39 is 80.7 Å². The van der Waals surface area contributed by atoms with Crippen LogP contribution in [-0.4, -0.2) is 142 Å². The lowest BCUT2D eigenvalue weighted by molar-refractivity contribution is -0.332. The Labute approximate surface area is 438 Å². The van der Waals surface area contributed by atoms with E-state index in [9.17, 15) is 40.5 Å². The van der Waals surface area contributed by atoms with Crippen molar-refractivity contribution in [3.8, 4) is 0 Å². The average Bonchev–Trinajstić information content (AvgIpc) is 3.38. The average molecular weight is 1030 g/mol. The minimum atomic E-state index is -1.70. The van der Waals surface area contributed by atoms with Crippen LogP contribution in [-0.2, 0) is 33.2 Å². The second-order valence-corrected chi connectivity index (χ2v) is 21.5. The first-order chi connectivity index (χ1) is 35.1. The number of aliphatic hydroxyl groups is 7. The van der Waals surface area contributed by atoms with Crippen LogP contribution < -0.4 is 0 Å². The van der Waals surface area contributed by atoms with E-state index in [0.29, 0.717) is 6.61 Å². The third-order valence-corrected chi connectivity index (χ3v) is 14.9. The first-order valence-corrected chi connectivity index (χ1v) is 30.1. The monoisotopic (exact) mass is 1030 g/mol. The van der Waals surface area contributed by atoms with E-state index in [0.717, 1.165) is 44.9 Å². The van der Waals surface area contributed by atoms with Crippen molar-refractivity contribution in [3.63, 3.8) is 0 Å². The molecule has 7 N–H and O–H groups in total. The summed E-state index contributed by atoms with van der Waals surface area (Å²) in [4.78, 5) is 13.1. The van der Waals surface area contributed by atoms with Crippen molar-refractivity contribution in [2.75, 3.05) is 33.0 Å². The Hall–Kier alpha value is -1.01. The number of hydrogen-bond acceptors (Lipinski definition) is 14. The summed E-state index contributed by atoms with van der Waals surface area (Å²) in [5, 5.41) is 72.4. The number of unbranched alkanes of at least 4 members (excludes halogenated alkanes) is 36. The molecule has 0 aromatic heterocycles. The molecule has 14 heteroatoms. The minimum absolute atomic E-state index is 0.0711. The van der Waals surface area contributed by atoms with Crippen LogP contribution in [0.15, 0.2) is 0 Å². The lowest BCUT2D eigenvalue weighted by Gasteiger charge is -2.42. The number of rotatable bonds is 50. The Morgan fingerprint density at radius 1 is 0.403 bits per heavy atom. The van der Waals surface area contributed by atoms with Gasteiger partial charge in [-0.05, 0) is 12.8 Å². The predicted octanol–water partition coefficient (Wildman–Crippen LogP) is 10.8. The molecule has 2 aliphatic heterocycles. The standard InChI is InChI=1S/C58H112O14/c1-3-5-7-9-11-13-15-17-19-21-23-25-27-29-31-33-35-37-39-41-50(60)70-47(44-67-42-40-38-36-34-32-30-28-26-24-22-20-18-16-14-12-10-8-6-4-2)45-68-57-56(66)54(64)52(62)49(72-57)46-69-58-55(65)53(63)51(61)48(43-59)71-58/h47-49,51-59,61-66H,3-46H2,1-2H3. The van der Waals surface area contributed by atoms with Crippen molar-refractivity contribution in [3.05, 3.63) is 0 Å². The van der Waals surface area contributed by atoms with E-state index in [1.165, 1.54) is 199 Å². The van der Waals surface area contributed by atoms with Gasteiger partial charge < -0.3 is 64.2 Å². The summed E-state index contributed by atoms with van der Waals surface area (Å²) >= 11 is 0. The van der Waals surface area contributed by atoms with Crippen LogP contribution >= 0.6 is 0 Å². The molecule has 0 saturated carbocycles. The van der Waals surface area contributed by atoms with Crippen LogP contribution in [0.5, 0.6) is 0 Å². The summed E-state index contributed by atoms with van der Waals surface area (Å²) in [5.74, 6) is -0.367. The molecule has 428 valence electrons. The highest BCUT2D eigenvalue weighted by molar-refractivity contribution is 5.69. The normalized spacial score (nSPS) is 25.0. The van der Waals surface area contributed by atoms with Crippen molar-refractivity contribution in [2.24, 2.45) is 0 Å². The Morgan fingerprint density at radius 2 is 0.736 bits per heavy atom. The lowest BCUT2D eigenvalue weighted by atomic mass is 9.98. The molecule has 0 radical (unpaired) electrons. The van der Waals surface area contributed by atoms with Gasteiger partial charge in [-0.1, -0.05) is 245 Å². The number of carbonyl (C=O) groups excluding carboxylic acids is 1. The van der Waals surface area contributed by atoms with Gasteiger partial charge >= 0.3 is 5.97 Å². The number of aliphatic hydroxyl groups excluding tert-OH is 7. The third kappa shape index (κ3) is 32.5. The zero-order valence-corrected chi connectivity index (χ0v) is 46.0. The Morgan fingerprint density at radius 3 is 1.12 bits per heavy atom. The highest BCUT2D eigenvalue weighted by Crippen LogP contribution is 2.27. The Bertz CT molecular complexity index is 1200. The fourth-order valence-corrected chi connectivity index (χ4v) is 9.99. The summed E-state index contributed by atoms with van der Waals surface area (Å²) in [5.41, 5.74) is 0. The van der Waals surface area contributed by atoms with Gasteiger partial charge in [0.05, 0.1) is 26.4 Å². The molecule has 11 unspecified atom stereocenters. The molecule has 0 amide bonds. The molecule has 2 heterocycles. The molecule has 0 bridgehead atoms. The molecule has 2 saturated heterocycles. The largest absolute Gasteiger partial charge is 0.457 e. The van der Waals surface area contributed by atoms with Crippen LogP contribution in [0.1, 0.15) is 264 Å². The maximum atomic E-state index is 13.1. The van der Waals surface area contributed by atoms with Crippen molar-refractivity contribution in [1.29, 1.82) is 0 Å². The molecule has 0 aliphatic carbocycles. The molecule has 0 spiro atoms. The first kappa shape index (κ1) is 67.1. The molecule has 72 heavy (non-hydrogen) atoms. The van der Waals surface area contributed by atoms with Crippen molar-refractivity contribution >= 4 is 5.97 Å². The molecular formula is C58H112O14. The molecular weight excluding hydrogens is 921 g/mol. The second-order valence-electron chi connectivity index (χ2n) is 21.5. The summed E-state index contributed by atoms with van der Waals surface area (Å²) in [7, 11) is 0. The Balaban J connectivity index is 1.69. The van der Waals surface area contributed by atoms with Gasteiger partial charge in [0.15, 0.2) is 12.6 Å². The van der Waals surface area contributed by atoms with Crippen LogP contribution in [0, 0.1) is 0 Å². The van der Waals surface area contributed by atoms with Crippen LogP contribution in [0.25, 0.3) is 0 Å². The lowest BCUT2D eigenvalue weighted by Crippen LogP contribution is -2.61. The second kappa shape index (κ2) is 46.1. The van der Waals surface area contributed by atoms with E-state index in [4.69, 9.17) is 28.4 Å². The zero-order chi connectivity index (χ0) is 52.3. The van der Waals surface area contributed by atoms with Gasteiger partial charge in [0.1, 0.15) is 54.9 Å². The van der Waals surface area contributed by atoms with Gasteiger partial charge in [-0.3, -0.25) is 4.79 Å². The number of hydrogen-bond donors (Lipinski definition) is 7. The molecule has 0 aromatic carbocycles. The maximum absolute atomic E-state index is 13.1. The minimum Gasteiger partial charge on any atom is -0.457 e. The zero-order valence-electron chi connectivity index (χ0n) is 46.0. The van der Waals surface area contributed by atoms with Gasteiger partial charge in [0.2, 0.25) is 0 Å². The van der Waals surface area contributed by atoms with Crippen LogP contribution in [0.3, 0.4) is 0 Å². The van der Waals surface area contributed by atoms with E-state index >= 15 is 0 Å².